The van der Waals surface area contributed by atoms with E-state index in [0.717, 1.165) is 44.1 Å². The number of hydrogen-bond donors (Lipinski definition) is 4. The zero-order valence-corrected chi connectivity index (χ0v) is 29.2. The number of sulfone groups is 1. The van der Waals surface area contributed by atoms with Crippen LogP contribution in [0.15, 0.2) is 24.3 Å². The Bertz CT molecular complexity index is 1190. The van der Waals surface area contributed by atoms with Crippen LogP contribution in [0.25, 0.3) is 0 Å². The molecule has 0 radical (unpaired) electrons. The Kier molecular flexibility index (Phi) is 15.1. The van der Waals surface area contributed by atoms with Crippen molar-refractivity contribution in [3.8, 4) is 0 Å². The monoisotopic (exact) mass is 669 g/mol. The molecule has 2 aliphatic rings. The average Bonchev–Trinajstić information content (AvgIpc) is 3.79. The van der Waals surface area contributed by atoms with E-state index < -0.39 is 51.9 Å². The quantitative estimate of drug-likeness (QED) is 0.175. The topological polar surface area (TPSA) is 136 Å². The first-order valence-electron chi connectivity index (χ1n) is 16.8. The van der Waals surface area contributed by atoms with E-state index in [1.54, 1.807) is 37.2 Å². The number of aliphatic hydroxyl groups excluding tert-OH is 2. The average molecular weight is 670 g/mol. The van der Waals surface area contributed by atoms with Crippen molar-refractivity contribution in [3.63, 3.8) is 0 Å². The number of amides is 2. The molecule has 0 aliphatic heterocycles. The lowest BCUT2D eigenvalue weighted by Crippen LogP contribution is -2.56. The van der Waals surface area contributed by atoms with Crippen LogP contribution in [-0.4, -0.2) is 91.8 Å². The third-order valence-corrected chi connectivity index (χ3v) is 11.1. The number of benzene rings is 1. The van der Waals surface area contributed by atoms with Gasteiger partial charge in [0, 0.05) is 11.6 Å². The van der Waals surface area contributed by atoms with E-state index in [9.17, 15) is 28.2 Å². The van der Waals surface area contributed by atoms with Crippen LogP contribution in [0.2, 0.25) is 5.02 Å². The number of nitrogens with one attached hydrogen (secondary N) is 2. The molecular weight excluding hydrogens is 614 g/mol. The minimum atomic E-state index is -3.58. The summed E-state index contributed by atoms with van der Waals surface area (Å²) in [6.07, 6.45) is 6.85. The Morgan fingerprint density at radius 1 is 0.978 bits per heavy atom. The molecule has 4 N–H and O–H groups in total. The van der Waals surface area contributed by atoms with Crippen molar-refractivity contribution in [1.29, 1.82) is 0 Å². The lowest BCUT2D eigenvalue weighted by molar-refractivity contribution is -0.132. The van der Waals surface area contributed by atoms with E-state index in [1.165, 1.54) is 6.42 Å². The van der Waals surface area contributed by atoms with Crippen molar-refractivity contribution in [1.82, 2.24) is 15.5 Å². The van der Waals surface area contributed by atoms with Gasteiger partial charge in [-0.15, -0.1) is 0 Å². The minimum absolute atomic E-state index is 0.0786. The normalized spacial score (nSPS) is 19.6. The van der Waals surface area contributed by atoms with E-state index in [4.69, 9.17) is 11.6 Å². The fourth-order valence-electron chi connectivity index (χ4n) is 6.33. The largest absolute Gasteiger partial charge is 0.390 e. The highest BCUT2D eigenvalue weighted by atomic mass is 35.5. The SMILES string of the molecule is CC(C)C[C@H](O)[C@H](O)[C@H](CC1CCCCC1)NC(=O)[C@H](CC1CC1)NC(=O)[C@H](Cc1cccc(Cl)c1)CS(=O)(=O)CCN(C)C. The number of hydrogen-bond acceptors (Lipinski definition) is 7. The highest BCUT2D eigenvalue weighted by Gasteiger charge is 2.37. The fourth-order valence-corrected chi connectivity index (χ4v) is 8.24. The Hall–Kier alpha value is -1.72. The van der Waals surface area contributed by atoms with Crippen LogP contribution in [0.3, 0.4) is 0 Å². The molecule has 0 unspecified atom stereocenters. The predicted molar refractivity (Wildman–Crippen MR) is 180 cm³/mol. The van der Waals surface area contributed by atoms with Gasteiger partial charge in [-0.3, -0.25) is 9.59 Å². The van der Waals surface area contributed by atoms with Gasteiger partial charge in [-0.25, -0.2) is 8.42 Å². The zero-order valence-electron chi connectivity index (χ0n) is 27.6. The lowest BCUT2D eigenvalue weighted by atomic mass is 9.82. The first-order chi connectivity index (χ1) is 21.2. The molecule has 256 valence electrons. The third kappa shape index (κ3) is 13.9. The van der Waals surface area contributed by atoms with E-state index in [0.29, 0.717) is 42.7 Å². The molecule has 5 atom stereocenters. The maximum absolute atomic E-state index is 13.9. The highest BCUT2D eigenvalue weighted by Crippen LogP contribution is 2.34. The molecule has 0 saturated heterocycles. The van der Waals surface area contributed by atoms with Gasteiger partial charge < -0.3 is 25.7 Å². The molecule has 1 aromatic rings. The second-order valence-corrected chi connectivity index (χ2v) is 16.9. The summed E-state index contributed by atoms with van der Waals surface area (Å²) in [5.41, 5.74) is 0.739. The molecule has 45 heavy (non-hydrogen) atoms. The number of aliphatic hydroxyl groups is 2. The van der Waals surface area contributed by atoms with Gasteiger partial charge in [-0.05, 0) is 75.2 Å². The Morgan fingerprint density at radius 3 is 2.24 bits per heavy atom. The van der Waals surface area contributed by atoms with Crippen molar-refractivity contribution in [2.24, 2.45) is 23.7 Å². The van der Waals surface area contributed by atoms with Gasteiger partial charge in [0.15, 0.2) is 9.84 Å². The summed E-state index contributed by atoms with van der Waals surface area (Å²) in [5, 5.41) is 28.5. The molecule has 0 aromatic heterocycles. The van der Waals surface area contributed by atoms with Gasteiger partial charge in [-0.1, -0.05) is 82.5 Å². The predicted octanol–water partition coefficient (Wildman–Crippen LogP) is 3.98. The Labute approximate surface area is 275 Å². The number of halogens is 1. The van der Waals surface area contributed by atoms with Crippen molar-refractivity contribution in [3.05, 3.63) is 34.9 Å². The summed E-state index contributed by atoms with van der Waals surface area (Å²) >= 11 is 6.19. The zero-order chi connectivity index (χ0) is 33.1. The molecule has 2 aliphatic carbocycles. The number of carbonyl (C=O) groups is 2. The minimum Gasteiger partial charge on any atom is -0.390 e. The standard InChI is InChI=1S/C34H56ClN3O6S/c1-23(2)17-31(39)32(40)29(20-24-9-6-5-7-10-24)36-34(42)30(21-25-13-14-25)37-33(41)27(18-26-11-8-12-28(35)19-26)22-45(43,44)16-15-38(3)4/h8,11-12,19,23-25,27,29-32,39-40H,5-7,9-10,13-18,20-22H2,1-4H3,(H,36,42)(H,37,41)/t27-,29+,30+,31+,32-/m1/s1. The lowest BCUT2D eigenvalue weighted by Gasteiger charge is -2.34. The molecular formula is C34H56ClN3O6S. The van der Waals surface area contributed by atoms with Crippen LogP contribution >= 0.6 is 11.6 Å². The molecule has 2 fully saturated rings. The van der Waals surface area contributed by atoms with E-state index in [2.05, 4.69) is 10.6 Å². The highest BCUT2D eigenvalue weighted by molar-refractivity contribution is 7.91. The van der Waals surface area contributed by atoms with Crippen LogP contribution in [0, 0.1) is 23.7 Å². The van der Waals surface area contributed by atoms with Crippen molar-refractivity contribution >= 4 is 33.3 Å². The maximum Gasteiger partial charge on any atom is 0.242 e. The third-order valence-electron chi connectivity index (χ3n) is 9.10. The molecule has 2 saturated carbocycles. The van der Waals surface area contributed by atoms with Gasteiger partial charge in [0.05, 0.1) is 29.6 Å². The summed E-state index contributed by atoms with van der Waals surface area (Å²) in [7, 11) is 0.0164. The number of rotatable bonds is 19. The van der Waals surface area contributed by atoms with Gasteiger partial charge in [-0.2, -0.15) is 0 Å². The second-order valence-electron chi connectivity index (χ2n) is 14.2. The van der Waals surface area contributed by atoms with Crippen LogP contribution in [-0.2, 0) is 25.8 Å². The van der Waals surface area contributed by atoms with Crippen molar-refractivity contribution in [2.45, 2.75) is 109 Å². The molecule has 2 amide bonds. The van der Waals surface area contributed by atoms with Crippen LogP contribution in [0.4, 0.5) is 0 Å². The van der Waals surface area contributed by atoms with Crippen LogP contribution in [0.5, 0.6) is 0 Å². The van der Waals surface area contributed by atoms with E-state index in [-0.39, 0.29) is 23.8 Å². The van der Waals surface area contributed by atoms with Crippen molar-refractivity contribution in [2.75, 3.05) is 32.1 Å². The smallest absolute Gasteiger partial charge is 0.242 e. The molecule has 3 rings (SSSR count). The molecule has 0 heterocycles. The van der Waals surface area contributed by atoms with Gasteiger partial charge in [0.2, 0.25) is 11.8 Å². The summed E-state index contributed by atoms with van der Waals surface area (Å²) in [6.45, 7) is 4.30. The molecule has 9 nitrogen and oxygen atoms in total. The Balaban J connectivity index is 1.80. The number of nitrogens with zero attached hydrogens (tertiary/aromatic N) is 1. The first-order valence-corrected chi connectivity index (χ1v) is 19.0. The van der Waals surface area contributed by atoms with Crippen molar-refractivity contribution < 1.29 is 28.2 Å². The van der Waals surface area contributed by atoms with Crippen LogP contribution < -0.4 is 10.6 Å². The summed E-state index contributed by atoms with van der Waals surface area (Å²) in [6, 6.07) is 5.50. The number of carbonyl (C=O) groups excluding carboxylic acids is 2. The molecule has 1 aromatic carbocycles. The van der Waals surface area contributed by atoms with E-state index in [1.807, 2.05) is 19.9 Å². The summed E-state index contributed by atoms with van der Waals surface area (Å²) < 4.78 is 26.2. The van der Waals surface area contributed by atoms with Crippen LogP contribution in [0.1, 0.15) is 83.6 Å². The maximum atomic E-state index is 13.9. The molecule has 11 heteroatoms. The molecule has 0 spiro atoms. The summed E-state index contributed by atoms with van der Waals surface area (Å²) in [4.78, 5) is 29.5. The summed E-state index contributed by atoms with van der Waals surface area (Å²) in [5.74, 6) is -1.42. The molecule has 0 bridgehead atoms. The fraction of sp³-hybridized carbons (Fsp3) is 0.765. The second kappa shape index (κ2) is 18.0. The van der Waals surface area contributed by atoms with Gasteiger partial charge in [0.25, 0.3) is 0 Å². The van der Waals surface area contributed by atoms with E-state index >= 15 is 0 Å². The first kappa shape index (κ1) is 37.7. The van der Waals surface area contributed by atoms with Gasteiger partial charge >= 0.3 is 0 Å². The van der Waals surface area contributed by atoms with Gasteiger partial charge in [0.1, 0.15) is 12.1 Å². The Morgan fingerprint density at radius 2 is 1.64 bits per heavy atom.